The van der Waals surface area contributed by atoms with Gasteiger partial charge in [0, 0.05) is 5.69 Å². The highest BCUT2D eigenvalue weighted by atomic mass is 32.1. The zero-order valence-corrected chi connectivity index (χ0v) is 16.9. The number of ether oxygens (including phenoxy) is 2. The van der Waals surface area contributed by atoms with Crippen LogP contribution < -0.4 is 20.1 Å². The Hall–Kier alpha value is -2.60. The molecule has 2 N–H and O–H groups in total. The van der Waals surface area contributed by atoms with Crippen LogP contribution in [0.1, 0.15) is 39.2 Å². The Labute approximate surface area is 166 Å². The lowest BCUT2D eigenvalue weighted by Crippen LogP contribution is -2.37. The summed E-state index contributed by atoms with van der Waals surface area (Å²) in [5, 5.41) is 5.81. The average Bonchev–Trinajstić information content (AvgIpc) is 2.61. The van der Waals surface area contributed by atoms with E-state index < -0.39 is 0 Å². The van der Waals surface area contributed by atoms with Crippen molar-refractivity contribution in [1.82, 2.24) is 5.32 Å². The van der Waals surface area contributed by atoms with Crippen molar-refractivity contribution < 1.29 is 14.3 Å². The fourth-order valence-corrected chi connectivity index (χ4v) is 2.68. The molecule has 0 radical (unpaired) electrons. The number of rotatable bonds is 7. The summed E-state index contributed by atoms with van der Waals surface area (Å²) in [6.45, 7) is 8.00. The summed E-state index contributed by atoms with van der Waals surface area (Å²) in [5.41, 5.74) is 1.83. The van der Waals surface area contributed by atoms with Crippen molar-refractivity contribution in [3.8, 4) is 11.5 Å². The van der Waals surface area contributed by atoms with Crippen LogP contribution in [0.4, 0.5) is 5.69 Å². The third-order valence-electron chi connectivity index (χ3n) is 3.64. The van der Waals surface area contributed by atoms with Crippen molar-refractivity contribution in [3.63, 3.8) is 0 Å². The third-order valence-corrected chi connectivity index (χ3v) is 3.84. The first-order chi connectivity index (χ1) is 12.8. The van der Waals surface area contributed by atoms with Crippen molar-refractivity contribution in [2.45, 2.75) is 39.7 Å². The molecule has 0 unspecified atom stereocenters. The SMILES string of the molecule is CC(C)Oc1ccc(NC(=S)NC(=O)COc2ccccc2C(C)C)cc1. The Morgan fingerprint density at radius 3 is 2.33 bits per heavy atom. The van der Waals surface area contributed by atoms with Gasteiger partial charge in [0.1, 0.15) is 11.5 Å². The summed E-state index contributed by atoms with van der Waals surface area (Å²) >= 11 is 5.18. The van der Waals surface area contributed by atoms with Crippen molar-refractivity contribution in [3.05, 3.63) is 54.1 Å². The predicted molar refractivity (Wildman–Crippen MR) is 113 cm³/mol. The van der Waals surface area contributed by atoms with E-state index in [1.165, 1.54) is 0 Å². The molecule has 144 valence electrons. The van der Waals surface area contributed by atoms with Crippen LogP contribution in [0.3, 0.4) is 0 Å². The lowest BCUT2D eigenvalue weighted by atomic mass is 10.0. The highest BCUT2D eigenvalue weighted by molar-refractivity contribution is 7.80. The predicted octanol–water partition coefficient (Wildman–Crippen LogP) is 4.49. The number of amides is 1. The number of thiocarbonyl (C=S) groups is 1. The van der Waals surface area contributed by atoms with Crippen molar-refractivity contribution >= 4 is 28.9 Å². The molecule has 0 aliphatic heterocycles. The first-order valence-electron chi connectivity index (χ1n) is 8.94. The largest absolute Gasteiger partial charge is 0.491 e. The summed E-state index contributed by atoms with van der Waals surface area (Å²) in [6, 6.07) is 15.1. The fraction of sp³-hybridized carbons (Fsp3) is 0.333. The number of hydrogen-bond acceptors (Lipinski definition) is 4. The molecule has 2 rings (SSSR count). The number of carbonyl (C=O) groups is 1. The second kappa shape index (κ2) is 9.92. The van der Waals surface area contributed by atoms with Gasteiger partial charge in [0.25, 0.3) is 5.91 Å². The minimum Gasteiger partial charge on any atom is -0.491 e. The summed E-state index contributed by atoms with van der Waals surface area (Å²) < 4.78 is 11.2. The van der Waals surface area contributed by atoms with E-state index in [0.29, 0.717) is 11.7 Å². The molecule has 0 spiro atoms. The van der Waals surface area contributed by atoms with E-state index in [1.807, 2.05) is 62.4 Å². The standard InChI is InChI=1S/C21H26N2O3S/c1-14(2)18-7-5-6-8-19(18)25-13-20(24)23-21(27)22-16-9-11-17(12-10-16)26-15(3)4/h5-12,14-15H,13H2,1-4H3,(H2,22,23,24,27). The van der Waals surface area contributed by atoms with Crippen molar-refractivity contribution in [2.24, 2.45) is 0 Å². The van der Waals surface area contributed by atoms with Crippen molar-refractivity contribution in [2.75, 3.05) is 11.9 Å². The molecular weight excluding hydrogens is 360 g/mol. The van der Waals surface area contributed by atoms with Crippen LogP contribution in [0.2, 0.25) is 0 Å². The van der Waals surface area contributed by atoms with Gasteiger partial charge in [-0.1, -0.05) is 32.0 Å². The Morgan fingerprint density at radius 1 is 1.04 bits per heavy atom. The molecule has 1 amide bonds. The van der Waals surface area contributed by atoms with E-state index in [4.69, 9.17) is 21.7 Å². The fourth-order valence-electron chi connectivity index (χ4n) is 2.45. The maximum Gasteiger partial charge on any atom is 0.264 e. The number of carbonyl (C=O) groups excluding carboxylic acids is 1. The molecule has 0 atom stereocenters. The first-order valence-corrected chi connectivity index (χ1v) is 9.35. The van der Waals surface area contributed by atoms with Crippen LogP contribution >= 0.6 is 12.2 Å². The van der Waals surface area contributed by atoms with Gasteiger partial charge in [0.15, 0.2) is 11.7 Å². The number of hydrogen-bond donors (Lipinski definition) is 2. The summed E-state index contributed by atoms with van der Waals surface area (Å²) in [4.78, 5) is 12.1. The first kappa shape index (κ1) is 20.7. The molecule has 0 aliphatic carbocycles. The highest BCUT2D eigenvalue weighted by Gasteiger charge is 2.10. The van der Waals surface area contributed by atoms with Crippen molar-refractivity contribution in [1.29, 1.82) is 0 Å². The molecule has 5 nitrogen and oxygen atoms in total. The van der Waals surface area contributed by atoms with Gasteiger partial charge in [-0.05, 0) is 67.9 Å². The molecule has 0 fully saturated rings. The monoisotopic (exact) mass is 386 g/mol. The zero-order valence-electron chi connectivity index (χ0n) is 16.1. The lowest BCUT2D eigenvalue weighted by Gasteiger charge is -2.14. The number of benzene rings is 2. The van der Waals surface area contributed by atoms with Gasteiger partial charge in [0.2, 0.25) is 0 Å². The molecule has 2 aromatic rings. The molecule has 0 heterocycles. The van der Waals surface area contributed by atoms with E-state index >= 15 is 0 Å². The number of para-hydroxylation sites is 1. The van der Waals surface area contributed by atoms with Crippen LogP contribution in [0.25, 0.3) is 0 Å². The topological polar surface area (TPSA) is 59.6 Å². The highest BCUT2D eigenvalue weighted by Crippen LogP contribution is 2.25. The van der Waals surface area contributed by atoms with Crippen LogP contribution in [-0.2, 0) is 4.79 Å². The van der Waals surface area contributed by atoms with E-state index in [2.05, 4.69) is 24.5 Å². The van der Waals surface area contributed by atoms with Gasteiger partial charge in [-0.15, -0.1) is 0 Å². The smallest absolute Gasteiger partial charge is 0.264 e. The summed E-state index contributed by atoms with van der Waals surface area (Å²) in [5.74, 6) is 1.49. The maximum absolute atomic E-state index is 12.1. The molecule has 2 aromatic carbocycles. The molecule has 0 bridgehead atoms. The lowest BCUT2D eigenvalue weighted by molar-refractivity contribution is -0.121. The van der Waals surface area contributed by atoms with E-state index in [1.54, 1.807) is 0 Å². The summed E-state index contributed by atoms with van der Waals surface area (Å²) in [7, 11) is 0. The Balaban J connectivity index is 1.83. The quantitative estimate of drug-likeness (QED) is 0.687. The van der Waals surface area contributed by atoms with E-state index in [9.17, 15) is 4.79 Å². The normalized spacial score (nSPS) is 10.6. The summed E-state index contributed by atoms with van der Waals surface area (Å²) in [6.07, 6.45) is 0.116. The van der Waals surface area contributed by atoms with Crippen LogP contribution in [-0.4, -0.2) is 23.7 Å². The third kappa shape index (κ3) is 6.90. The molecule has 0 aromatic heterocycles. The van der Waals surface area contributed by atoms with Gasteiger partial charge in [-0.3, -0.25) is 10.1 Å². The average molecular weight is 387 g/mol. The van der Waals surface area contributed by atoms with Gasteiger partial charge in [0.05, 0.1) is 6.10 Å². The van der Waals surface area contributed by atoms with Crippen LogP contribution in [0.5, 0.6) is 11.5 Å². The minimum absolute atomic E-state index is 0.104. The molecule has 0 aliphatic rings. The van der Waals surface area contributed by atoms with Crippen LogP contribution in [0, 0.1) is 0 Å². The number of anilines is 1. The van der Waals surface area contributed by atoms with Gasteiger partial charge in [-0.25, -0.2) is 0 Å². The van der Waals surface area contributed by atoms with E-state index in [-0.39, 0.29) is 23.7 Å². The second-order valence-electron chi connectivity index (χ2n) is 6.67. The molecule has 27 heavy (non-hydrogen) atoms. The molecule has 6 heteroatoms. The van der Waals surface area contributed by atoms with Gasteiger partial charge >= 0.3 is 0 Å². The second-order valence-corrected chi connectivity index (χ2v) is 7.08. The molecule has 0 saturated heterocycles. The number of nitrogens with one attached hydrogen (secondary N) is 2. The Bertz CT molecular complexity index is 773. The van der Waals surface area contributed by atoms with Gasteiger partial charge in [-0.2, -0.15) is 0 Å². The minimum atomic E-state index is -0.314. The zero-order chi connectivity index (χ0) is 19.8. The van der Waals surface area contributed by atoms with Crippen LogP contribution in [0.15, 0.2) is 48.5 Å². The van der Waals surface area contributed by atoms with E-state index in [0.717, 1.165) is 17.0 Å². The van der Waals surface area contributed by atoms with Gasteiger partial charge < -0.3 is 14.8 Å². The Kier molecular flexibility index (Phi) is 7.61. The molecule has 0 saturated carbocycles. The Morgan fingerprint density at radius 2 is 1.70 bits per heavy atom. The molecular formula is C21H26N2O3S. The maximum atomic E-state index is 12.1.